The first kappa shape index (κ1) is 16.3. The van der Waals surface area contributed by atoms with Gasteiger partial charge < -0.3 is 15.1 Å². The fraction of sp³-hybridized carbons (Fsp3) is 0.375. The van der Waals surface area contributed by atoms with Crippen molar-refractivity contribution in [1.29, 1.82) is 5.26 Å². The predicted octanol–water partition coefficient (Wildman–Crippen LogP) is 2.32. The van der Waals surface area contributed by atoms with E-state index in [2.05, 4.69) is 17.1 Å². The Morgan fingerprint density at radius 2 is 2.14 bits per heavy atom. The Kier molecular flexibility index (Phi) is 5.82. The minimum Gasteiger partial charge on any atom is -0.374 e. The van der Waals surface area contributed by atoms with Crippen molar-refractivity contribution in [3.05, 3.63) is 41.1 Å². The molecule has 1 aromatic carbocycles. The molecule has 1 heterocycles. The molecule has 1 amide bonds. The fourth-order valence-electron chi connectivity index (χ4n) is 2.29. The molecule has 1 aliphatic heterocycles. The van der Waals surface area contributed by atoms with Crippen molar-refractivity contribution in [2.24, 2.45) is 0 Å². The van der Waals surface area contributed by atoms with Gasteiger partial charge in [-0.3, -0.25) is 4.79 Å². The number of nitriles is 1. The Labute approximate surface area is 135 Å². The number of benzene rings is 1. The lowest BCUT2D eigenvalue weighted by Gasteiger charge is -2.33. The smallest absolute Gasteiger partial charge is 0.267 e. The molecule has 1 aliphatic rings. The zero-order valence-corrected chi connectivity index (χ0v) is 13.3. The van der Waals surface area contributed by atoms with Gasteiger partial charge in [-0.15, -0.1) is 0 Å². The van der Waals surface area contributed by atoms with Crippen molar-refractivity contribution in [2.75, 3.05) is 38.0 Å². The van der Waals surface area contributed by atoms with Gasteiger partial charge in [-0.2, -0.15) is 5.26 Å². The summed E-state index contributed by atoms with van der Waals surface area (Å²) in [5.41, 5.74) is 0.680. The van der Waals surface area contributed by atoms with Crippen molar-refractivity contribution < 1.29 is 4.79 Å². The molecule has 22 heavy (non-hydrogen) atoms. The number of anilines is 1. The van der Waals surface area contributed by atoms with Gasteiger partial charge in [0.2, 0.25) is 0 Å². The number of carbonyl (C=O) groups excluding carboxylic acids is 1. The van der Waals surface area contributed by atoms with Crippen LogP contribution in [0.2, 0.25) is 5.02 Å². The highest BCUT2D eigenvalue weighted by Gasteiger charge is 2.16. The number of likely N-dealkylation sites (N-methyl/N-ethyl adjacent to an activating group) is 1. The molecule has 0 aromatic heterocycles. The summed E-state index contributed by atoms with van der Waals surface area (Å²) in [5.74, 6) is -0.414. The van der Waals surface area contributed by atoms with E-state index in [1.54, 1.807) is 30.5 Å². The maximum Gasteiger partial charge on any atom is 0.267 e. The van der Waals surface area contributed by atoms with Crippen LogP contribution in [0.4, 0.5) is 5.69 Å². The van der Waals surface area contributed by atoms with Gasteiger partial charge >= 0.3 is 0 Å². The highest BCUT2D eigenvalue weighted by atomic mass is 35.5. The number of amides is 1. The van der Waals surface area contributed by atoms with E-state index in [0.717, 1.165) is 32.7 Å². The van der Waals surface area contributed by atoms with Crippen LogP contribution in [0.1, 0.15) is 6.92 Å². The van der Waals surface area contributed by atoms with Crippen LogP contribution in [0.3, 0.4) is 0 Å². The second-order valence-electron chi connectivity index (χ2n) is 5.09. The SMILES string of the molecule is CCN1CCN(/C=C(\C#N)C(=O)Nc2cccc(Cl)c2)CC1. The number of hydrogen-bond donors (Lipinski definition) is 1. The predicted molar refractivity (Wildman–Crippen MR) is 87.5 cm³/mol. The maximum absolute atomic E-state index is 12.2. The molecule has 0 atom stereocenters. The molecule has 0 saturated carbocycles. The average molecular weight is 319 g/mol. The highest BCUT2D eigenvalue weighted by Crippen LogP contribution is 2.16. The summed E-state index contributed by atoms with van der Waals surface area (Å²) < 4.78 is 0. The molecule has 1 aromatic rings. The second-order valence-corrected chi connectivity index (χ2v) is 5.53. The van der Waals surface area contributed by atoms with Gasteiger partial charge in [0.15, 0.2) is 0 Å². The molecule has 0 bridgehead atoms. The van der Waals surface area contributed by atoms with Crippen LogP contribution in [-0.2, 0) is 4.79 Å². The quantitative estimate of drug-likeness (QED) is 0.683. The van der Waals surface area contributed by atoms with E-state index in [9.17, 15) is 10.1 Å². The van der Waals surface area contributed by atoms with Gasteiger partial charge in [0.25, 0.3) is 5.91 Å². The minimum absolute atomic E-state index is 0.102. The van der Waals surface area contributed by atoms with Crippen molar-refractivity contribution in [3.63, 3.8) is 0 Å². The van der Waals surface area contributed by atoms with E-state index in [1.807, 2.05) is 11.0 Å². The standard InChI is InChI=1S/C16H19ClN4O/c1-2-20-6-8-21(9-7-20)12-13(11-18)16(22)19-15-5-3-4-14(17)10-15/h3-5,10,12H,2,6-9H2,1H3,(H,19,22)/b13-12+. The number of nitrogens with zero attached hydrogens (tertiary/aromatic N) is 3. The molecule has 0 aliphatic carbocycles. The summed E-state index contributed by atoms with van der Waals surface area (Å²) >= 11 is 5.88. The van der Waals surface area contributed by atoms with Gasteiger partial charge in [-0.25, -0.2) is 0 Å². The Morgan fingerprint density at radius 1 is 1.41 bits per heavy atom. The molecule has 5 nitrogen and oxygen atoms in total. The van der Waals surface area contributed by atoms with E-state index in [-0.39, 0.29) is 5.57 Å². The zero-order valence-electron chi connectivity index (χ0n) is 12.6. The number of nitrogens with one attached hydrogen (secondary N) is 1. The lowest BCUT2D eigenvalue weighted by molar-refractivity contribution is -0.112. The zero-order chi connectivity index (χ0) is 15.9. The topological polar surface area (TPSA) is 59.4 Å². The fourth-order valence-corrected chi connectivity index (χ4v) is 2.48. The number of carbonyl (C=O) groups is 1. The molecule has 0 spiro atoms. The summed E-state index contributed by atoms with van der Waals surface area (Å²) in [5, 5.41) is 12.4. The van der Waals surface area contributed by atoms with Gasteiger partial charge in [-0.05, 0) is 24.7 Å². The molecule has 116 valence electrons. The summed E-state index contributed by atoms with van der Waals surface area (Å²) in [6, 6.07) is 8.83. The van der Waals surface area contributed by atoms with E-state index < -0.39 is 5.91 Å². The largest absolute Gasteiger partial charge is 0.374 e. The molecule has 6 heteroatoms. The van der Waals surface area contributed by atoms with Crippen LogP contribution < -0.4 is 5.32 Å². The minimum atomic E-state index is -0.414. The normalized spacial score (nSPS) is 16.2. The molecule has 0 radical (unpaired) electrons. The Hall–Kier alpha value is -2.03. The molecular formula is C16H19ClN4O. The monoisotopic (exact) mass is 318 g/mol. The molecule has 2 rings (SSSR count). The molecule has 1 N–H and O–H groups in total. The third kappa shape index (κ3) is 4.48. The van der Waals surface area contributed by atoms with Crippen molar-refractivity contribution in [3.8, 4) is 6.07 Å². The van der Waals surface area contributed by atoms with Gasteiger partial charge in [-0.1, -0.05) is 24.6 Å². The summed E-state index contributed by atoms with van der Waals surface area (Å²) in [7, 11) is 0. The molecule has 0 unspecified atom stereocenters. The average Bonchev–Trinajstić information content (AvgIpc) is 2.53. The van der Waals surface area contributed by atoms with Crippen LogP contribution in [0.15, 0.2) is 36.0 Å². The highest BCUT2D eigenvalue weighted by molar-refractivity contribution is 6.31. The summed E-state index contributed by atoms with van der Waals surface area (Å²) in [6.07, 6.45) is 1.65. The first-order chi connectivity index (χ1) is 10.6. The van der Waals surface area contributed by atoms with Gasteiger partial charge in [0, 0.05) is 43.1 Å². The lowest BCUT2D eigenvalue weighted by atomic mass is 10.2. The molecule has 1 saturated heterocycles. The van der Waals surface area contributed by atoms with E-state index in [4.69, 9.17) is 11.6 Å². The van der Waals surface area contributed by atoms with Gasteiger partial charge in [0.05, 0.1) is 0 Å². The second kappa shape index (κ2) is 7.83. The van der Waals surface area contributed by atoms with E-state index in [0.29, 0.717) is 10.7 Å². The van der Waals surface area contributed by atoms with E-state index >= 15 is 0 Å². The Morgan fingerprint density at radius 3 is 2.73 bits per heavy atom. The summed E-state index contributed by atoms with van der Waals surface area (Å²) in [4.78, 5) is 16.5. The van der Waals surface area contributed by atoms with Gasteiger partial charge in [0.1, 0.15) is 11.6 Å². The first-order valence-corrected chi connectivity index (χ1v) is 7.65. The van der Waals surface area contributed by atoms with Crippen molar-refractivity contribution in [2.45, 2.75) is 6.92 Å². The number of hydrogen-bond acceptors (Lipinski definition) is 4. The Bertz CT molecular complexity index is 600. The van der Waals surface area contributed by atoms with Crippen LogP contribution in [-0.4, -0.2) is 48.4 Å². The van der Waals surface area contributed by atoms with Crippen molar-refractivity contribution in [1.82, 2.24) is 9.80 Å². The molecular weight excluding hydrogens is 300 g/mol. The number of rotatable bonds is 4. The lowest BCUT2D eigenvalue weighted by Crippen LogP contribution is -2.44. The third-order valence-electron chi connectivity index (χ3n) is 3.61. The number of halogens is 1. The first-order valence-electron chi connectivity index (χ1n) is 7.27. The van der Waals surface area contributed by atoms with Crippen LogP contribution in [0.25, 0.3) is 0 Å². The van der Waals surface area contributed by atoms with Crippen molar-refractivity contribution >= 4 is 23.2 Å². The molecule has 1 fully saturated rings. The Balaban J connectivity index is 2.00. The maximum atomic E-state index is 12.2. The van der Waals surface area contributed by atoms with Crippen LogP contribution >= 0.6 is 11.6 Å². The van der Waals surface area contributed by atoms with Crippen LogP contribution in [0.5, 0.6) is 0 Å². The third-order valence-corrected chi connectivity index (χ3v) is 3.85. The number of piperazine rings is 1. The van der Waals surface area contributed by atoms with Crippen LogP contribution in [0, 0.1) is 11.3 Å². The van der Waals surface area contributed by atoms with E-state index in [1.165, 1.54) is 0 Å². The summed E-state index contributed by atoms with van der Waals surface area (Å²) in [6.45, 7) is 6.69.